The lowest BCUT2D eigenvalue weighted by atomic mass is 9.82. The lowest BCUT2D eigenvalue weighted by molar-refractivity contribution is -0.133. The molecule has 2 N–H and O–H groups in total. The molecule has 1 fully saturated rings. The van der Waals surface area contributed by atoms with E-state index in [1.807, 2.05) is 4.90 Å². The molecule has 1 aromatic heterocycles. The predicted molar refractivity (Wildman–Crippen MR) is 83.1 cm³/mol. The third-order valence-electron chi connectivity index (χ3n) is 4.37. The first-order chi connectivity index (χ1) is 10.5. The molecular formula is C16H24N4O2. The Morgan fingerprint density at radius 2 is 1.86 bits per heavy atom. The Labute approximate surface area is 131 Å². The minimum absolute atomic E-state index is 0.0119. The Morgan fingerprint density at radius 1 is 1.27 bits per heavy atom. The second kappa shape index (κ2) is 7.45. The molecule has 0 aliphatic carbocycles. The van der Waals surface area contributed by atoms with Crippen LogP contribution in [0.4, 0.5) is 0 Å². The Kier molecular flexibility index (Phi) is 5.60. The molecule has 6 nitrogen and oxygen atoms in total. The molecule has 22 heavy (non-hydrogen) atoms. The summed E-state index contributed by atoms with van der Waals surface area (Å²) in [5, 5.41) is 0. The van der Waals surface area contributed by atoms with Crippen LogP contribution in [0, 0.1) is 11.8 Å². The lowest BCUT2D eigenvalue weighted by Crippen LogP contribution is -2.46. The Hall–Kier alpha value is -1.82. The standard InChI is InChI=1S/C16H24N4O2/c1-11(10-14(21)15-18-6-3-7-19-15)13-4-8-20(9-5-13)16(22)12(2)17/h3,6-7,11-13H,4-5,8-10,17H2,1-2H3/t11?,12-/m0/s1. The molecule has 120 valence electrons. The van der Waals surface area contributed by atoms with Crippen molar-refractivity contribution in [1.29, 1.82) is 0 Å². The second-order valence-corrected chi connectivity index (χ2v) is 6.13. The number of hydrogen-bond donors (Lipinski definition) is 1. The topological polar surface area (TPSA) is 89.2 Å². The highest BCUT2D eigenvalue weighted by Gasteiger charge is 2.28. The van der Waals surface area contributed by atoms with Crippen LogP contribution < -0.4 is 5.73 Å². The minimum Gasteiger partial charge on any atom is -0.341 e. The number of nitrogens with two attached hydrogens (primary N) is 1. The number of amides is 1. The molecule has 6 heteroatoms. The van der Waals surface area contributed by atoms with E-state index in [0.29, 0.717) is 18.2 Å². The Balaban J connectivity index is 1.84. The van der Waals surface area contributed by atoms with Gasteiger partial charge in [0.15, 0.2) is 11.6 Å². The van der Waals surface area contributed by atoms with Gasteiger partial charge in [0, 0.05) is 31.9 Å². The number of aromatic nitrogens is 2. The first-order valence-electron chi connectivity index (χ1n) is 7.83. The summed E-state index contributed by atoms with van der Waals surface area (Å²) >= 11 is 0. The zero-order chi connectivity index (χ0) is 16.1. The first-order valence-corrected chi connectivity index (χ1v) is 7.83. The van der Waals surface area contributed by atoms with Gasteiger partial charge >= 0.3 is 0 Å². The van der Waals surface area contributed by atoms with Crippen molar-refractivity contribution in [1.82, 2.24) is 14.9 Å². The molecular weight excluding hydrogens is 280 g/mol. The van der Waals surface area contributed by atoms with Crippen molar-refractivity contribution in [3.05, 3.63) is 24.3 Å². The van der Waals surface area contributed by atoms with E-state index < -0.39 is 6.04 Å². The monoisotopic (exact) mass is 304 g/mol. The van der Waals surface area contributed by atoms with Crippen LogP contribution in [0.2, 0.25) is 0 Å². The smallest absolute Gasteiger partial charge is 0.239 e. The van der Waals surface area contributed by atoms with Gasteiger partial charge in [-0.05, 0) is 37.7 Å². The average Bonchev–Trinajstić information content (AvgIpc) is 2.55. The maximum absolute atomic E-state index is 12.2. The maximum Gasteiger partial charge on any atom is 0.239 e. The molecule has 1 amide bonds. The van der Waals surface area contributed by atoms with Crippen molar-refractivity contribution in [2.45, 2.75) is 39.2 Å². The van der Waals surface area contributed by atoms with Gasteiger partial charge in [-0.2, -0.15) is 0 Å². The summed E-state index contributed by atoms with van der Waals surface area (Å²) in [7, 11) is 0. The van der Waals surface area contributed by atoms with Gasteiger partial charge in [0.05, 0.1) is 6.04 Å². The molecule has 2 rings (SSSR count). The number of nitrogens with zero attached hydrogens (tertiary/aromatic N) is 3. The van der Waals surface area contributed by atoms with Crippen molar-refractivity contribution in [2.24, 2.45) is 17.6 Å². The van der Waals surface area contributed by atoms with E-state index in [4.69, 9.17) is 5.73 Å². The van der Waals surface area contributed by atoms with E-state index in [9.17, 15) is 9.59 Å². The number of carbonyl (C=O) groups excluding carboxylic acids is 2. The van der Waals surface area contributed by atoms with Crippen molar-refractivity contribution < 1.29 is 9.59 Å². The third kappa shape index (κ3) is 4.10. The van der Waals surface area contributed by atoms with Gasteiger partial charge < -0.3 is 10.6 Å². The van der Waals surface area contributed by atoms with Crippen LogP contribution in [-0.2, 0) is 4.79 Å². The zero-order valence-electron chi connectivity index (χ0n) is 13.2. The summed E-state index contributed by atoms with van der Waals surface area (Å²) in [6.07, 6.45) is 5.47. The van der Waals surface area contributed by atoms with Gasteiger partial charge in [-0.15, -0.1) is 0 Å². The van der Waals surface area contributed by atoms with E-state index in [2.05, 4.69) is 16.9 Å². The van der Waals surface area contributed by atoms with Gasteiger partial charge in [-0.1, -0.05) is 6.92 Å². The van der Waals surface area contributed by atoms with Crippen molar-refractivity contribution in [3.63, 3.8) is 0 Å². The number of hydrogen-bond acceptors (Lipinski definition) is 5. The van der Waals surface area contributed by atoms with Crippen molar-refractivity contribution in [2.75, 3.05) is 13.1 Å². The van der Waals surface area contributed by atoms with Crippen LogP contribution in [0.3, 0.4) is 0 Å². The quantitative estimate of drug-likeness (QED) is 0.827. The molecule has 0 radical (unpaired) electrons. The maximum atomic E-state index is 12.2. The largest absolute Gasteiger partial charge is 0.341 e. The molecule has 2 heterocycles. The van der Waals surface area contributed by atoms with Crippen molar-refractivity contribution >= 4 is 11.7 Å². The van der Waals surface area contributed by atoms with Gasteiger partial charge in [0.2, 0.25) is 5.91 Å². The summed E-state index contributed by atoms with van der Waals surface area (Å²) < 4.78 is 0. The Morgan fingerprint density at radius 3 is 2.41 bits per heavy atom. The molecule has 1 aromatic rings. The number of carbonyl (C=O) groups is 2. The van der Waals surface area contributed by atoms with Crippen LogP contribution in [0.5, 0.6) is 0 Å². The fourth-order valence-electron chi connectivity index (χ4n) is 2.97. The minimum atomic E-state index is -0.439. The molecule has 1 saturated heterocycles. The highest BCUT2D eigenvalue weighted by Crippen LogP contribution is 2.28. The molecule has 1 unspecified atom stereocenters. The molecule has 0 aromatic carbocycles. The summed E-state index contributed by atoms with van der Waals surface area (Å²) in [5.41, 5.74) is 5.64. The molecule has 2 atom stereocenters. The molecule has 0 spiro atoms. The van der Waals surface area contributed by atoms with Crippen LogP contribution in [0.15, 0.2) is 18.5 Å². The number of ketones is 1. The third-order valence-corrected chi connectivity index (χ3v) is 4.37. The van der Waals surface area contributed by atoms with Crippen LogP contribution in [0.25, 0.3) is 0 Å². The van der Waals surface area contributed by atoms with E-state index in [-0.39, 0.29) is 17.6 Å². The lowest BCUT2D eigenvalue weighted by Gasteiger charge is -2.35. The Bertz CT molecular complexity index is 510. The molecule has 0 saturated carbocycles. The van der Waals surface area contributed by atoms with Gasteiger partial charge in [-0.25, -0.2) is 9.97 Å². The summed E-state index contributed by atoms with van der Waals surface area (Å²) in [6, 6.07) is 1.26. The summed E-state index contributed by atoms with van der Waals surface area (Å²) in [4.78, 5) is 33.9. The van der Waals surface area contributed by atoms with Gasteiger partial charge in [0.25, 0.3) is 0 Å². The van der Waals surface area contributed by atoms with E-state index in [1.165, 1.54) is 0 Å². The SMILES string of the molecule is CC(CC(=O)c1ncccn1)C1CCN(C(=O)[C@H](C)N)CC1. The number of likely N-dealkylation sites (tertiary alicyclic amines) is 1. The van der Waals surface area contributed by atoms with E-state index in [1.54, 1.807) is 25.4 Å². The highest BCUT2D eigenvalue weighted by atomic mass is 16.2. The van der Waals surface area contributed by atoms with Crippen LogP contribution in [-0.4, -0.2) is 45.7 Å². The van der Waals surface area contributed by atoms with E-state index in [0.717, 1.165) is 25.9 Å². The fraction of sp³-hybridized carbons (Fsp3) is 0.625. The average molecular weight is 304 g/mol. The zero-order valence-corrected chi connectivity index (χ0v) is 13.2. The van der Waals surface area contributed by atoms with Crippen LogP contribution >= 0.6 is 0 Å². The molecule has 1 aliphatic rings. The van der Waals surface area contributed by atoms with Crippen LogP contribution in [0.1, 0.15) is 43.7 Å². The van der Waals surface area contributed by atoms with E-state index >= 15 is 0 Å². The highest BCUT2D eigenvalue weighted by molar-refractivity contribution is 5.92. The number of piperidine rings is 1. The predicted octanol–water partition coefficient (Wildman–Crippen LogP) is 1.27. The number of Topliss-reactive ketones (excluding diaryl/α,β-unsaturated/α-hetero) is 1. The summed E-state index contributed by atoms with van der Waals surface area (Å²) in [5.74, 6) is 1.01. The van der Waals surface area contributed by atoms with Gasteiger partial charge in [0.1, 0.15) is 0 Å². The molecule has 0 bridgehead atoms. The first kappa shape index (κ1) is 16.5. The number of rotatable bonds is 5. The normalized spacial score (nSPS) is 18.8. The fourth-order valence-corrected chi connectivity index (χ4v) is 2.97. The molecule has 1 aliphatic heterocycles. The van der Waals surface area contributed by atoms with Gasteiger partial charge in [-0.3, -0.25) is 9.59 Å². The van der Waals surface area contributed by atoms with Crippen molar-refractivity contribution in [3.8, 4) is 0 Å². The summed E-state index contributed by atoms with van der Waals surface area (Å²) in [6.45, 7) is 5.26. The second-order valence-electron chi connectivity index (χ2n) is 6.13.